The normalized spacial score (nSPS) is 20.4. The molecule has 1 aromatic rings. The molecule has 150 valence electrons. The highest BCUT2D eigenvalue weighted by Crippen LogP contribution is 2.21. The number of benzene rings is 1. The summed E-state index contributed by atoms with van der Waals surface area (Å²) in [5.74, 6) is -0.603. The lowest BCUT2D eigenvalue weighted by Crippen LogP contribution is -2.51. The third kappa shape index (κ3) is 4.68. The summed E-state index contributed by atoms with van der Waals surface area (Å²) in [5.41, 5.74) is 0.921. The van der Waals surface area contributed by atoms with E-state index in [4.69, 9.17) is 4.74 Å². The van der Waals surface area contributed by atoms with Gasteiger partial charge in [0.15, 0.2) is 11.6 Å². The molecule has 2 aliphatic heterocycles. The van der Waals surface area contributed by atoms with E-state index in [1.165, 1.54) is 19.3 Å². The molecule has 2 heterocycles. The predicted octanol–water partition coefficient (Wildman–Crippen LogP) is 2.87. The molecule has 1 fully saturated rings. The minimum Gasteiger partial charge on any atom is -0.494 e. The van der Waals surface area contributed by atoms with Gasteiger partial charge in [0.25, 0.3) is 0 Å². The molecule has 0 unspecified atom stereocenters. The summed E-state index contributed by atoms with van der Waals surface area (Å²) < 4.78 is 33.4. The zero-order valence-corrected chi connectivity index (χ0v) is 15.8. The van der Waals surface area contributed by atoms with E-state index < -0.39 is 5.82 Å². The minimum absolute atomic E-state index is 0.0733. The number of ether oxygens (including phenoxy) is 1. The molecule has 2 amide bonds. The third-order valence-electron chi connectivity index (χ3n) is 4.77. The van der Waals surface area contributed by atoms with Crippen LogP contribution in [0.15, 0.2) is 46.9 Å². The average Bonchev–Trinajstić information content (AvgIpc) is 2.70. The molecular weight excluding hydrogens is 366 g/mol. The van der Waals surface area contributed by atoms with Crippen LogP contribution in [0.25, 0.3) is 0 Å². The van der Waals surface area contributed by atoms with Gasteiger partial charge in [-0.25, -0.2) is 13.6 Å². The number of nitrogens with one attached hydrogen (secondary N) is 1. The van der Waals surface area contributed by atoms with E-state index in [2.05, 4.69) is 10.3 Å². The molecule has 3 rings (SSSR count). The summed E-state index contributed by atoms with van der Waals surface area (Å²) in [6.45, 7) is 2.41. The number of urea groups is 1. The SMILES string of the molecule is COc1cccc(CNC(=O)N2CCN(/C3=C/C/C=N\CC=C3F)CC2)c1F. The van der Waals surface area contributed by atoms with Crippen LogP contribution in [-0.2, 0) is 6.54 Å². The maximum absolute atomic E-state index is 14.3. The van der Waals surface area contributed by atoms with Gasteiger partial charge in [0.2, 0.25) is 0 Å². The van der Waals surface area contributed by atoms with Crippen LogP contribution in [0.3, 0.4) is 0 Å². The summed E-state index contributed by atoms with van der Waals surface area (Å²) in [6, 6.07) is 4.55. The monoisotopic (exact) mass is 390 g/mol. The fourth-order valence-corrected chi connectivity index (χ4v) is 3.21. The Labute approximate surface area is 163 Å². The smallest absolute Gasteiger partial charge is 0.317 e. The van der Waals surface area contributed by atoms with Crippen molar-refractivity contribution in [1.29, 1.82) is 0 Å². The first-order valence-corrected chi connectivity index (χ1v) is 9.23. The summed E-state index contributed by atoms with van der Waals surface area (Å²) in [6.07, 6.45) is 5.63. The molecule has 1 N–H and O–H groups in total. The number of methoxy groups -OCH3 is 1. The van der Waals surface area contributed by atoms with E-state index in [0.29, 0.717) is 50.4 Å². The van der Waals surface area contributed by atoms with Crippen LogP contribution in [0.5, 0.6) is 5.75 Å². The van der Waals surface area contributed by atoms with Gasteiger partial charge in [0.05, 0.1) is 19.4 Å². The molecule has 0 aliphatic carbocycles. The lowest BCUT2D eigenvalue weighted by atomic mass is 10.2. The highest BCUT2D eigenvalue weighted by atomic mass is 19.1. The van der Waals surface area contributed by atoms with E-state index in [1.54, 1.807) is 23.2 Å². The first-order chi connectivity index (χ1) is 13.6. The highest BCUT2D eigenvalue weighted by Gasteiger charge is 2.24. The number of piperazine rings is 1. The molecule has 0 radical (unpaired) electrons. The van der Waals surface area contributed by atoms with Crippen LogP contribution >= 0.6 is 0 Å². The fourth-order valence-electron chi connectivity index (χ4n) is 3.21. The van der Waals surface area contributed by atoms with E-state index in [1.807, 2.05) is 11.0 Å². The standard InChI is InChI=1S/C20H24F2N4O2/c1-28-18-6-2-4-15(19(18)22)14-24-20(27)26-12-10-25(11-13-26)17-5-3-8-23-9-7-16(17)21/h2,4-8H,3,9-14H2,1H3,(H,24,27)/b16-7?,17-5+,23-8-. The number of carbonyl (C=O) groups excluding carboxylic acids is 1. The molecule has 0 saturated carbocycles. The van der Waals surface area contributed by atoms with Crippen molar-refractivity contribution in [3.05, 3.63) is 53.3 Å². The van der Waals surface area contributed by atoms with Crippen LogP contribution in [0.4, 0.5) is 13.6 Å². The second-order valence-electron chi connectivity index (χ2n) is 6.49. The first kappa shape index (κ1) is 19.9. The number of nitrogens with zero attached hydrogens (tertiary/aromatic N) is 3. The van der Waals surface area contributed by atoms with Crippen molar-refractivity contribution in [2.24, 2.45) is 4.99 Å². The number of carbonyl (C=O) groups is 1. The number of aliphatic imine (C=N–C) groups is 1. The molecule has 0 atom stereocenters. The molecule has 0 bridgehead atoms. The Morgan fingerprint density at radius 3 is 2.75 bits per heavy atom. The number of allylic oxidation sites excluding steroid dienone is 2. The van der Waals surface area contributed by atoms with E-state index in [-0.39, 0.29) is 24.2 Å². The minimum atomic E-state index is -0.475. The summed E-state index contributed by atoms with van der Waals surface area (Å²) >= 11 is 0. The van der Waals surface area contributed by atoms with Crippen molar-refractivity contribution in [2.75, 3.05) is 39.8 Å². The van der Waals surface area contributed by atoms with Gasteiger partial charge in [0, 0.05) is 50.9 Å². The summed E-state index contributed by atoms with van der Waals surface area (Å²) in [5, 5.41) is 2.74. The van der Waals surface area contributed by atoms with Gasteiger partial charge in [-0.1, -0.05) is 18.2 Å². The summed E-state index contributed by atoms with van der Waals surface area (Å²) in [4.78, 5) is 20.1. The number of halogens is 2. The molecular formula is C20H24F2N4O2. The molecule has 0 aromatic heterocycles. The van der Waals surface area contributed by atoms with E-state index >= 15 is 0 Å². The van der Waals surface area contributed by atoms with Gasteiger partial charge in [-0.15, -0.1) is 0 Å². The molecule has 6 nitrogen and oxygen atoms in total. The van der Waals surface area contributed by atoms with Crippen molar-refractivity contribution in [3.8, 4) is 5.75 Å². The number of hydrogen-bond donors (Lipinski definition) is 1. The van der Waals surface area contributed by atoms with Crippen LogP contribution in [0.2, 0.25) is 0 Å². The van der Waals surface area contributed by atoms with Crippen molar-refractivity contribution in [2.45, 2.75) is 13.0 Å². The quantitative estimate of drug-likeness (QED) is 0.860. The van der Waals surface area contributed by atoms with Crippen molar-refractivity contribution in [3.63, 3.8) is 0 Å². The Balaban J connectivity index is 1.53. The lowest BCUT2D eigenvalue weighted by Gasteiger charge is -2.37. The zero-order valence-electron chi connectivity index (χ0n) is 15.8. The molecule has 8 heteroatoms. The van der Waals surface area contributed by atoms with Gasteiger partial charge < -0.3 is 19.9 Å². The maximum Gasteiger partial charge on any atom is 0.317 e. The highest BCUT2D eigenvalue weighted by molar-refractivity contribution is 5.74. The first-order valence-electron chi connectivity index (χ1n) is 9.23. The fraction of sp³-hybridized carbons (Fsp3) is 0.400. The average molecular weight is 390 g/mol. The molecule has 28 heavy (non-hydrogen) atoms. The largest absolute Gasteiger partial charge is 0.494 e. The second-order valence-corrected chi connectivity index (χ2v) is 6.49. The molecule has 0 spiro atoms. The van der Waals surface area contributed by atoms with Gasteiger partial charge in [-0.05, 0) is 12.1 Å². The molecule has 2 aliphatic rings. The Morgan fingerprint density at radius 1 is 1.21 bits per heavy atom. The number of amides is 2. The van der Waals surface area contributed by atoms with Gasteiger partial charge in [0.1, 0.15) is 5.83 Å². The van der Waals surface area contributed by atoms with Gasteiger partial charge in [-0.2, -0.15) is 0 Å². The molecule has 1 aromatic carbocycles. The Kier molecular flexibility index (Phi) is 6.62. The predicted molar refractivity (Wildman–Crippen MR) is 104 cm³/mol. The third-order valence-corrected chi connectivity index (χ3v) is 4.77. The Bertz CT molecular complexity index is 799. The Hall–Kier alpha value is -2.90. The van der Waals surface area contributed by atoms with E-state index in [0.717, 1.165) is 0 Å². The van der Waals surface area contributed by atoms with Crippen LogP contribution in [0, 0.1) is 5.82 Å². The van der Waals surface area contributed by atoms with Gasteiger partial charge >= 0.3 is 6.03 Å². The number of hydrogen-bond acceptors (Lipinski definition) is 4. The van der Waals surface area contributed by atoms with Crippen LogP contribution in [0.1, 0.15) is 12.0 Å². The Morgan fingerprint density at radius 2 is 2.00 bits per heavy atom. The van der Waals surface area contributed by atoms with Crippen LogP contribution < -0.4 is 10.1 Å². The summed E-state index contributed by atoms with van der Waals surface area (Å²) in [7, 11) is 1.40. The number of rotatable bonds is 4. The van der Waals surface area contributed by atoms with Crippen molar-refractivity contribution < 1.29 is 18.3 Å². The van der Waals surface area contributed by atoms with Gasteiger partial charge in [-0.3, -0.25) is 4.99 Å². The zero-order chi connectivity index (χ0) is 19.9. The maximum atomic E-state index is 14.3. The second kappa shape index (κ2) is 9.34. The van der Waals surface area contributed by atoms with Crippen LogP contribution in [-0.4, -0.2) is 61.9 Å². The molecule has 1 saturated heterocycles. The van der Waals surface area contributed by atoms with Crippen molar-refractivity contribution >= 4 is 12.2 Å². The topological polar surface area (TPSA) is 57.2 Å². The van der Waals surface area contributed by atoms with Crippen molar-refractivity contribution in [1.82, 2.24) is 15.1 Å². The van der Waals surface area contributed by atoms with E-state index in [9.17, 15) is 13.6 Å². The lowest BCUT2D eigenvalue weighted by molar-refractivity contribution is 0.156.